The molecule has 1 atom stereocenters. The van der Waals surface area contributed by atoms with Crippen LogP contribution >= 0.6 is 0 Å². The van der Waals surface area contributed by atoms with Gasteiger partial charge in [-0.05, 0) is 52.8 Å². The molecule has 4 rings (SSSR count). The van der Waals surface area contributed by atoms with Crippen molar-refractivity contribution in [3.63, 3.8) is 0 Å². The summed E-state index contributed by atoms with van der Waals surface area (Å²) in [7, 11) is 0. The molecule has 0 fully saturated rings. The van der Waals surface area contributed by atoms with Crippen LogP contribution in [0.4, 0.5) is 13.2 Å². The standard InChI is InChI=1S/C22H17F3O/c23-22(24,25)26-16-11-13-20-18-9-5-4-8-17(18)19(21(20)14-16)12-10-15-6-2-1-3-7-15/h1-9,11,13-14,19H,10,12H2. The Labute approximate surface area is 150 Å². The SMILES string of the molecule is FC(F)(F)Oc1ccc2c(c1)C(CCc1ccccc1)c1ccccc1-2. The third kappa shape index (κ3) is 3.32. The zero-order valence-corrected chi connectivity index (χ0v) is 14.0. The van der Waals surface area contributed by atoms with Gasteiger partial charge in [0.1, 0.15) is 5.75 Å². The van der Waals surface area contributed by atoms with Gasteiger partial charge in [-0.2, -0.15) is 0 Å². The Morgan fingerprint density at radius 1 is 0.769 bits per heavy atom. The quantitative estimate of drug-likeness (QED) is 0.532. The summed E-state index contributed by atoms with van der Waals surface area (Å²) in [6, 6.07) is 22.8. The highest BCUT2D eigenvalue weighted by Gasteiger charge is 2.33. The summed E-state index contributed by atoms with van der Waals surface area (Å²) in [5.74, 6) is -0.0908. The second-order valence-electron chi connectivity index (χ2n) is 6.46. The molecule has 0 N–H and O–H groups in total. The van der Waals surface area contributed by atoms with Gasteiger partial charge in [0.15, 0.2) is 0 Å². The van der Waals surface area contributed by atoms with E-state index in [1.807, 2.05) is 36.4 Å². The molecule has 132 valence electrons. The minimum atomic E-state index is -4.68. The fourth-order valence-corrected chi connectivity index (χ4v) is 3.75. The van der Waals surface area contributed by atoms with Crippen molar-refractivity contribution in [2.75, 3.05) is 0 Å². The molecule has 0 saturated carbocycles. The lowest BCUT2D eigenvalue weighted by Crippen LogP contribution is -2.17. The minimum Gasteiger partial charge on any atom is -0.406 e. The van der Waals surface area contributed by atoms with Gasteiger partial charge in [0.05, 0.1) is 0 Å². The maximum absolute atomic E-state index is 12.6. The largest absolute Gasteiger partial charge is 0.573 e. The minimum absolute atomic E-state index is 0.0678. The first-order chi connectivity index (χ1) is 12.5. The van der Waals surface area contributed by atoms with Crippen molar-refractivity contribution in [1.82, 2.24) is 0 Å². The Balaban J connectivity index is 1.68. The molecular weight excluding hydrogens is 337 g/mol. The molecule has 0 saturated heterocycles. The van der Waals surface area contributed by atoms with Crippen molar-refractivity contribution in [3.05, 3.63) is 89.5 Å². The summed E-state index contributed by atoms with van der Waals surface area (Å²) in [6.07, 6.45) is -2.98. The van der Waals surface area contributed by atoms with Gasteiger partial charge in [-0.25, -0.2) is 0 Å². The molecule has 0 heterocycles. The predicted molar refractivity (Wildman–Crippen MR) is 95.2 cm³/mol. The Kier molecular flexibility index (Phi) is 4.19. The van der Waals surface area contributed by atoms with E-state index in [1.54, 1.807) is 12.1 Å². The van der Waals surface area contributed by atoms with Crippen molar-refractivity contribution in [2.24, 2.45) is 0 Å². The fourth-order valence-electron chi connectivity index (χ4n) is 3.75. The summed E-state index contributed by atoms with van der Waals surface area (Å²) in [4.78, 5) is 0. The average molecular weight is 354 g/mol. The molecule has 0 amide bonds. The Morgan fingerprint density at radius 2 is 1.46 bits per heavy atom. The van der Waals surface area contributed by atoms with Crippen LogP contribution in [-0.4, -0.2) is 6.36 Å². The molecule has 3 aromatic carbocycles. The normalized spacial score (nSPS) is 15.4. The van der Waals surface area contributed by atoms with E-state index in [4.69, 9.17) is 0 Å². The molecule has 0 spiro atoms. The van der Waals surface area contributed by atoms with Gasteiger partial charge in [-0.1, -0.05) is 60.7 Å². The number of alkyl halides is 3. The maximum Gasteiger partial charge on any atom is 0.573 e. The number of hydrogen-bond acceptors (Lipinski definition) is 1. The van der Waals surface area contributed by atoms with Gasteiger partial charge in [0.25, 0.3) is 0 Å². The summed E-state index contributed by atoms with van der Waals surface area (Å²) < 4.78 is 41.9. The monoisotopic (exact) mass is 354 g/mol. The number of aryl methyl sites for hydroxylation is 1. The summed E-state index contributed by atoms with van der Waals surface area (Å²) >= 11 is 0. The molecule has 0 radical (unpaired) electrons. The van der Waals surface area contributed by atoms with E-state index in [0.29, 0.717) is 0 Å². The van der Waals surface area contributed by atoms with Crippen LogP contribution in [0.3, 0.4) is 0 Å². The highest BCUT2D eigenvalue weighted by Crippen LogP contribution is 2.48. The van der Waals surface area contributed by atoms with Crippen LogP contribution in [0.25, 0.3) is 11.1 Å². The molecule has 1 aliphatic carbocycles. The van der Waals surface area contributed by atoms with Crippen molar-refractivity contribution in [1.29, 1.82) is 0 Å². The van der Waals surface area contributed by atoms with Gasteiger partial charge < -0.3 is 4.74 Å². The summed E-state index contributed by atoms with van der Waals surface area (Å²) in [5.41, 5.74) is 5.39. The highest BCUT2D eigenvalue weighted by molar-refractivity contribution is 5.79. The summed E-state index contributed by atoms with van der Waals surface area (Å²) in [6.45, 7) is 0. The second kappa shape index (κ2) is 6.52. The third-order valence-electron chi connectivity index (χ3n) is 4.82. The molecular formula is C22H17F3O. The topological polar surface area (TPSA) is 9.23 Å². The van der Waals surface area contributed by atoms with Crippen molar-refractivity contribution >= 4 is 0 Å². The number of ether oxygens (including phenoxy) is 1. The number of rotatable bonds is 4. The molecule has 1 unspecified atom stereocenters. The average Bonchev–Trinajstić information content (AvgIpc) is 2.92. The molecule has 3 aromatic rings. The van der Waals surface area contributed by atoms with Crippen LogP contribution in [0.1, 0.15) is 29.0 Å². The maximum atomic E-state index is 12.6. The fraction of sp³-hybridized carbons (Fsp3) is 0.182. The smallest absolute Gasteiger partial charge is 0.406 e. The van der Waals surface area contributed by atoms with E-state index in [1.165, 1.54) is 17.2 Å². The molecule has 0 aromatic heterocycles. The van der Waals surface area contributed by atoms with Crippen LogP contribution in [0.2, 0.25) is 0 Å². The predicted octanol–water partition coefficient (Wildman–Crippen LogP) is 6.33. The second-order valence-corrected chi connectivity index (χ2v) is 6.46. The number of hydrogen-bond donors (Lipinski definition) is 0. The Morgan fingerprint density at radius 3 is 2.23 bits per heavy atom. The zero-order valence-electron chi connectivity index (χ0n) is 14.0. The molecule has 1 nitrogen and oxygen atoms in total. The van der Waals surface area contributed by atoms with E-state index in [0.717, 1.165) is 29.5 Å². The van der Waals surface area contributed by atoms with Gasteiger partial charge in [-0.3, -0.25) is 0 Å². The van der Waals surface area contributed by atoms with Crippen molar-refractivity contribution < 1.29 is 17.9 Å². The Hall–Kier alpha value is -2.75. The van der Waals surface area contributed by atoms with E-state index < -0.39 is 6.36 Å². The van der Waals surface area contributed by atoms with Crippen molar-refractivity contribution in [3.8, 4) is 16.9 Å². The van der Waals surface area contributed by atoms with Crippen LogP contribution in [0, 0.1) is 0 Å². The molecule has 4 heteroatoms. The number of halogens is 3. The van der Waals surface area contributed by atoms with Gasteiger partial charge in [0, 0.05) is 5.92 Å². The van der Waals surface area contributed by atoms with E-state index in [-0.39, 0.29) is 11.7 Å². The molecule has 0 aliphatic heterocycles. The zero-order chi connectivity index (χ0) is 18.1. The third-order valence-corrected chi connectivity index (χ3v) is 4.82. The lowest BCUT2D eigenvalue weighted by atomic mass is 9.90. The highest BCUT2D eigenvalue weighted by atomic mass is 19.4. The molecule has 1 aliphatic rings. The van der Waals surface area contributed by atoms with E-state index in [2.05, 4.69) is 22.9 Å². The Bertz CT molecular complexity index is 916. The first-order valence-electron chi connectivity index (χ1n) is 8.54. The molecule has 26 heavy (non-hydrogen) atoms. The van der Waals surface area contributed by atoms with Crippen LogP contribution < -0.4 is 4.74 Å². The summed E-state index contributed by atoms with van der Waals surface area (Å²) in [5, 5.41) is 0. The van der Waals surface area contributed by atoms with Gasteiger partial charge in [0.2, 0.25) is 0 Å². The lowest BCUT2D eigenvalue weighted by molar-refractivity contribution is -0.274. The van der Waals surface area contributed by atoms with E-state index >= 15 is 0 Å². The van der Waals surface area contributed by atoms with Crippen molar-refractivity contribution in [2.45, 2.75) is 25.1 Å². The molecule has 0 bridgehead atoms. The number of fused-ring (bicyclic) bond motifs is 3. The number of benzene rings is 3. The van der Waals surface area contributed by atoms with Gasteiger partial charge in [-0.15, -0.1) is 13.2 Å². The van der Waals surface area contributed by atoms with Crippen LogP contribution in [0.5, 0.6) is 5.75 Å². The van der Waals surface area contributed by atoms with E-state index in [9.17, 15) is 13.2 Å². The first-order valence-corrected chi connectivity index (χ1v) is 8.54. The first kappa shape index (κ1) is 16.7. The van der Waals surface area contributed by atoms with Crippen LogP contribution in [0.15, 0.2) is 72.8 Å². The van der Waals surface area contributed by atoms with Crippen LogP contribution in [-0.2, 0) is 6.42 Å². The van der Waals surface area contributed by atoms with Gasteiger partial charge >= 0.3 is 6.36 Å². The lowest BCUT2D eigenvalue weighted by Gasteiger charge is -2.15.